The van der Waals surface area contributed by atoms with Crippen molar-refractivity contribution >= 4 is 43.2 Å². The summed E-state index contributed by atoms with van der Waals surface area (Å²) in [7, 11) is -3.74. The van der Waals surface area contributed by atoms with Gasteiger partial charge in [-0.3, -0.25) is 9.52 Å². The van der Waals surface area contributed by atoms with E-state index in [9.17, 15) is 13.2 Å². The summed E-state index contributed by atoms with van der Waals surface area (Å²) >= 11 is 3.31. The average molecular weight is 503 g/mol. The highest BCUT2D eigenvalue weighted by molar-refractivity contribution is 9.10. The molecule has 0 heterocycles. The lowest BCUT2D eigenvalue weighted by Gasteiger charge is -2.17. The molecule has 6 nitrogen and oxygen atoms in total. The zero-order valence-corrected chi connectivity index (χ0v) is 19.5. The van der Waals surface area contributed by atoms with E-state index in [0.717, 1.165) is 16.5 Å². The molecule has 0 unspecified atom stereocenters. The number of sulfonamides is 1. The monoisotopic (exact) mass is 502 g/mol. The molecule has 2 N–H and O–H groups in total. The van der Waals surface area contributed by atoms with E-state index < -0.39 is 16.1 Å². The highest BCUT2D eigenvalue weighted by atomic mass is 79.9. The van der Waals surface area contributed by atoms with Gasteiger partial charge in [-0.05, 0) is 73.5 Å². The van der Waals surface area contributed by atoms with Crippen molar-refractivity contribution in [1.82, 2.24) is 0 Å². The second kappa shape index (κ2) is 9.98. The van der Waals surface area contributed by atoms with Crippen molar-refractivity contribution in [3.8, 4) is 5.75 Å². The number of hydrogen-bond acceptors (Lipinski definition) is 4. The van der Waals surface area contributed by atoms with E-state index in [1.165, 1.54) is 12.1 Å². The molecule has 162 valence electrons. The van der Waals surface area contributed by atoms with Crippen molar-refractivity contribution in [3.05, 3.63) is 82.8 Å². The largest absolute Gasteiger partial charge is 0.481 e. The lowest BCUT2D eigenvalue weighted by molar-refractivity contribution is -0.122. The number of nitrogens with one attached hydrogen (secondary N) is 2. The molecular formula is C23H23BrN2O4S. The van der Waals surface area contributed by atoms with Gasteiger partial charge in [0.15, 0.2) is 6.10 Å². The summed E-state index contributed by atoms with van der Waals surface area (Å²) in [5.74, 6) is 0.350. The minimum absolute atomic E-state index is 0.0922. The fraction of sp³-hybridized carbons (Fsp3) is 0.174. The van der Waals surface area contributed by atoms with Crippen molar-refractivity contribution in [3.63, 3.8) is 0 Å². The average Bonchev–Trinajstić information content (AvgIpc) is 2.76. The maximum absolute atomic E-state index is 12.6. The number of halogens is 1. The Hall–Kier alpha value is -2.84. The van der Waals surface area contributed by atoms with Crippen molar-refractivity contribution in [2.75, 3.05) is 10.0 Å². The van der Waals surface area contributed by atoms with Crippen LogP contribution in [0, 0.1) is 0 Å². The molecule has 0 spiro atoms. The molecule has 0 aliphatic rings. The van der Waals surface area contributed by atoms with Crippen LogP contribution in [0.25, 0.3) is 0 Å². The minimum Gasteiger partial charge on any atom is -0.481 e. The number of ether oxygens (including phenoxy) is 1. The molecule has 3 rings (SSSR count). The molecule has 8 heteroatoms. The number of benzene rings is 3. The van der Waals surface area contributed by atoms with Crippen molar-refractivity contribution in [2.24, 2.45) is 0 Å². The Bertz CT molecular complexity index is 1150. The summed E-state index contributed by atoms with van der Waals surface area (Å²) in [5.41, 5.74) is 1.96. The van der Waals surface area contributed by atoms with Gasteiger partial charge in [0.05, 0.1) is 4.90 Å². The highest BCUT2D eigenvalue weighted by Gasteiger charge is 2.18. The molecule has 31 heavy (non-hydrogen) atoms. The van der Waals surface area contributed by atoms with Gasteiger partial charge in [-0.15, -0.1) is 0 Å². The summed E-state index contributed by atoms with van der Waals surface area (Å²) in [6.07, 6.45) is 0.0875. The number of carbonyl (C=O) groups excluding carboxylic acids is 1. The Morgan fingerprint density at radius 3 is 2.23 bits per heavy atom. The topological polar surface area (TPSA) is 84.5 Å². The van der Waals surface area contributed by atoms with Crippen LogP contribution in [0.3, 0.4) is 0 Å². The van der Waals surface area contributed by atoms with Gasteiger partial charge in [-0.1, -0.05) is 41.1 Å². The quantitative estimate of drug-likeness (QED) is 0.442. The number of aryl methyl sites for hydroxylation is 1. The van der Waals surface area contributed by atoms with Crippen molar-refractivity contribution in [2.45, 2.75) is 31.3 Å². The molecule has 3 aromatic carbocycles. The Balaban J connectivity index is 1.64. The lowest BCUT2D eigenvalue weighted by atomic mass is 10.1. The number of rotatable bonds is 8. The maximum atomic E-state index is 12.6. The third-order valence-electron chi connectivity index (χ3n) is 4.56. The predicted molar refractivity (Wildman–Crippen MR) is 126 cm³/mol. The fourth-order valence-electron chi connectivity index (χ4n) is 2.85. The van der Waals surface area contributed by atoms with Crippen molar-refractivity contribution in [1.29, 1.82) is 0 Å². The first-order valence-corrected chi connectivity index (χ1v) is 12.0. The Morgan fingerprint density at radius 1 is 0.968 bits per heavy atom. The molecular weight excluding hydrogens is 480 g/mol. The second-order valence-electron chi connectivity index (χ2n) is 6.85. The third-order valence-corrected chi connectivity index (χ3v) is 6.48. The summed E-state index contributed by atoms with van der Waals surface area (Å²) in [5, 5.41) is 2.75. The van der Waals surface area contributed by atoms with E-state index in [1.54, 1.807) is 43.3 Å². The van der Waals surface area contributed by atoms with Gasteiger partial charge in [0, 0.05) is 15.8 Å². The van der Waals surface area contributed by atoms with E-state index in [1.807, 2.05) is 31.2 Å². The lowest BCUT2D eigenvalue weighted by Crippen LogP contribution is -2.30. The molecule has 0 radical (unpaired) electrons. The van der Waals surface area contributed by atoms with Crippen LogP contribution < -0.4 is 14.8 Å². The molecule has 3 aromatic rings. The molecule has 0 fully saturated rings. The minimum atomic E-state index is -3.74. The molecule has 0 aliphatic heterocycles. The van der Waals surface area contributed by atoms with Crippen LogP contribution in [0.15, 0.2) is 82.2 Å². The van der Waals surface area contributed by atoms with E-state index in [4.69, 9.17) is 4.74 Å². The SMILES string of the molecule is CCc1ccccc1O[C@@H](C)C(=O)Nc1ccc(S(=O)(=O)Nc2ccc(Br)cc2)cc1. The van der Waals surface area contributed by atoms with Crippen LogP contribution in [0.1, 0.15) is 19.4 Å². The standard InChI is InChI=1S/C23H23BrN2O4S/c1-3-17-6-4-5-7-22(17)30-16(2)23(27)25-19-12-14-21(15-13-19)31(28,29)26-20-10-8-18(24)9-11-20/h4-16,26H,3H2,1-2H3,(H,25,27)/t16-/m0/s1. The predicted octanol–water partition coefficient (Wildman–Crippen LogP) is 5.22. The van der Waals surface area contributed by atoms with Crippen LogP contribution in [0.2, 0.25) is 0 Å². The number of anilines is 2. The van der Waals surface area contributed by atoms with E-state index >= 15 is 0 Å². The first-order valence-electron chi connectivity index (χ1n) is 9.72. The third kappa shape index (κ3) is 6.08. The molecule has 0 aromatic heterocycles. The summed E-state index contributed by atoms with van der Waals surface area (Å²) in [6, 6.07) is 20.4. The zero-order valence-electron chi connectivity index (χ0n) is 17.1. The van der Waals surface area contributed by atoms with Gasteiger partial charge in [0.1, 0.15) is 5.75 Å². The summed E-state index contributed by atoms with van der Waals surface area (Å²) in [4.78, 5) is 12.6. The van der Waals surface area contributed by atoms with Crippen LogP contribution in [-0.2, 0) is 21.2 Å². The van der Waals surface area contributed by atoms with Gasteiger partial charge in [-0.2, -0.15) is 0 Å². The second-order valence-corrected chi connectivity index (χ2v) is 9.45. The number of hydrogen-bond donors (Lipinski definition) is 2. The molecule has 1 atom stereocenters. The van der Waals surface area contributed by atoms with Crippen LogP contribution >= 0.6 is 15.9 Å². The van der Waals surface area contributed by atoms with Gasteiger partial charge < -0.3 is 10.1 Å². The Kier molecular flexibility index (Phi) is 7.35. The first kappa shape index (κ1) is 22.8. The first-order chi connectivity index (χ1) is 14.8. The normalized spacial score (nSPS) is 12.1. The molecule has 0 saturated heterocycles. The van der Waals surface area contributed by atoms with Crippen LogP contribution in [0.4, 0.5) is 11.4 Å². The molecule has 0 aliphatic carbocycles. The van der Waals surface area contributed by atoms with E-state index in [-0.39, 0.29) is 10.8 Å². The Morgan fingerprint density at radius 2 is 1.58 bits per heavy atom. The number of amides is 1. The van der Waals surface area contributed by atoms with Crippen LogP contribution in [-0.4, -0.2) is 20.4 Å². The highest BCUT2D eigenvalue weighted by Crippen LogP contribution is 2.22. The van der Waals surface area contributed by atoms with Gasteiger partial charge in [0.25, 0.3) is 15.9 Å². The van der Waals surface area contributed by atoms with E-state index in [0.29, 0.717) is 17.1 Å². The smallest absolute Gasteiger partial charge is 0.265 e. The fourth-order valence-corrected chi connectivity index (χ4v) is 4.17. The summed E-state index contributed by atoms with van der Waals surface area (Å²) < 4.78 is 34.3. The Labute approximate surface area is 190 Å². The molecule has 1 amide bonds. The zero-order chi connectivity index (χ0) is 22.4. The van der Waals surface area contributed by atoms with Crippen molar-refractivity contribution < 1.29 is 17.9 Å². The van der Waals surface area contributed by atoms with Gasteiger partial charge in [-0.25, -0.2) is 8.42 Å². The van der Waals surface area contributed by atoms with Gasteiger partial charge >= 0.3 is 0 Å². The van der Waals surface area contributed by atoms with Gasteiger partial charge in [0.2, 0.25) is 0 Å². The number of para-hydroxylation sites is 1. The summed E-state index contributed by atoms with van der Waals surface area (Å²) in [6.45, 7) is 3.69. The van der Waals surface area contributed by atoms with Crippen LogP contribution in [0.5, 0.6) is 5.75 Å². The molecule has 0 saturated carbocycles. The maximum Gasteiger partial charge on any atom is 0.265 e. The van der Waals surface area contributed by atoms with E-state index in [2.05, 4.69) is 26.0 Å². The number of carbonyl (C=O) groups is 1. The molecule has 0 bridgehead atoms.